The summed E-state index contributed by atoms with van der Waals surface area (Å²) < 4.78 is 13.2. The largest absolute Gasteiger partial charge is 0.508 e. The van der Waals surface area contributed by atoms with Gasteiger partial charge in [-0.05, 0) is 66.7 Å². The number of benzene rings is 3. The van der Waals surface area contributed by atoms with E-state index in [2.05, 4.69) is 20.9 Å². The fourth-order valence-corrected chi connectivity index (χ4v) is 3.05. The van der Waals surface area contributed by atoms with Gasteiger partial charge in [-0.2, -0.15) is 0 Å². The maximum absolute atomic E-state index is 9.49. The minimum Gasteiger partial charge on any atom is -0.508 e. The van der Waals surface area contributed by atoms with E-state index < -0.39 is 5.79 Å². The molecule has 0 aliphatic carbocycles. The summed E-state index contributed by atoms with van der Waals surface area (Å²) in [6.45, 7) is 0. The molecular weight excluding hydrogens is 398 g/mol. The fourth-order valence-electron chi connectivity index (χ4n) is 2.69. The molecule has 0 amide bonds. The Hall–Kier alpha value is -2.99. The van der Waals surface area contributed by atoms with Crippen LogP contribution in [0.4, 0.5) is 5.69 Å². The summed E-state index contributed by atoms with van der Waals surface area (Å²) in [6, 6.07) is 18.4. The topological polar surface area (TPSA) is 71.3 Å². The predicted molar refractivity (Wildman–Crippen MR) is 101 cm³/mol. The molecule has 0 radical (unpaired) electrons. The smallest absolute Gasteiger partial charge is 0.317 e. The predicted octanol–water partition coefficient (Wildman–Crippen LogP) is 4.89. The van der Waals surface area contributed by atoms with E-state index >= 15 is 0 Å². The Kier molecular flexibility index (Phi) is 4.05. The lowest BCUT2D eigenvalue weighted by Gasteiger charge is -2.29. The van der Waals surface area contributed by atoms with Crippen LogP contribution in [0.5, 0.6) is 23.0 Å². The monoisotopic (exact) mass is 411 g/mol. The molecule has 0 saturated heterocycles. The Balaban J connectivity index is 1.77. The highest BCUT2D eigenvalue weighted by Gasteiger charge is 2.42. The van der Waals surface area contributed by atoms with Crippen LogP contribution in [0.1, 0.15) is 5.56 Å². The minimum absolute atomic E-state index is 0.147. The van der Waals surface area contributed by atoms with Crippen LogP contribution < -0.4 is 9.47 Å². The Morgan fingerprint density at radius 2 is 1.31 bits per heavy atom. The van der Waals surface area contributed by atoms with Crippen molar-refractivity contribution in [2.24, 2.45) is 4.99 Å². The molecule has 130 valence electrons. The van der Waals surface area contributed by atoms with Crippen molar-refractivity contribution in [1.82, 2.24) is 0 Å². The number of phenolic OH excluding ortho intramolecular Hbond substituents is 2. The SMILES string of the molecule is Oc1ccc(OC2(Oc3ccc(O)cc3)C=Nc3ccc(Br)cc32)cc1. The van der Waals surface area contributed by atoms with Crippen LogP contribution in [0.3, 0.4) is 0 Å². The van der Waals surface area contributed by atoms with Gasteiger partial charge in [-0.25, -0.2) is 0 Å². The number of rotatable bonds is 4. The quantitative estimate of drug-likeness (QED) is 0.599. The number of ether oxygens (including phenoxy) is 2. The summed E-state index contributed by atoms with van der Waals surface area (Å²) in [7, 11) is 0. The first kappa shape index (κ1) is 16.5. The zero-order valence-corrected chi connectivity index (χ0v) is 15.1. The third-order valence-corrected chi connectivity index (χ3v) is 4.41. The molecule has 2 N–H and O–H groups in total. The number of halogens is 1. The van der Waals surface area contributed by atoms with Crippen LogP contribution in [-0.2, 0) is 5.79 Å². The van der Waals surface area contributed by atoms with Gasteiger partial charge in [0.25, 0.3) is 0 Å². The molecule has 5 nitrogen and oxygen atoms in total. The van der Waals surface area contributed by atoms with E-state index in [0.717, 1.165) is 15.7 Å². The molecule has 0 saturated carbocycles. The van der Waals surface area contributed by atoms with Crippen LogP contribution in [0.2, 0.25) is 0 Å². The second-order valence-corrected chi connectivity index (χ2v) is 6.69. The molecule has 26 heavy (non-hydrogen) atoms. The van der Waals surface area contributed by atoms with Crippen molar-refractivity contribution < 1.29 is 19.7 Å². The molecule has 0 atom stereocenters. The zero-order chi connectivity index (χ0) is 18.1. The molecule has 0 aromatic heterocycles. The Morgan fingerprint density at radius 1 is 0.769 bits per heavy atom. The van der Waals surface area contributed by atoms with E-state index in [4.69, 9.17) is 9.47 Å². The van der Waals surface area contributed by atoms with Gasteiger partial charge in [-0.15, -0.1) is 0 Å². The van der Waals surface area contributed by atoms with Gasteiger partial charge in [0.15, 0.2) is 0 Å². The molecule has 6 heteroatoms. The lowest BCUT2D eigenvalue weighted by molar-refractivity contribution is -0.0504. The van der Waals surface area contributed by atoms with Crippen LogP contribution in [-0.4, -0.2) is 16.4 Å². The lowest BCUT2D eigenvalue weighted by atomic mass is 10.1. The van der Waals surface area contributed by atoms with E-state index in [-0.39, 0.29) is 11.5 Å². The van der Waals surface area contributed by atoms with Crippen molar-refractivity contribution in [2.75, 3.05) is 0 Å². The molecule has 1 aliphatic heterocycles. The van der Waals surface area contributed by atoms with Crippen LogP contribution >= 0.6 is 15.9 Å². The van der Waals surface area contributed by atoms with Crippen molar-refractivity contribution >= 4 is 27.8 Å². The van der Waals surface area contributed by atoms with Gasteiger partial charge >= 0.3 is 5.79 Å². The van der Waals surface area contributed by atoms with E-state index in [1.807, 2.05) is 18.2 Å². The van der Waals surface area contributed by atoms with E-state index in [1.165, 1.54) is 24.3 Å². The van der Waals surface area contributed by atoms with Crippen molar-refractivity contribution in [1.29, 1.82) is 0 Å². The number of fused-ring (bicyclic) bond motifs is 1. The fraction of sp³-hybridized carbons (Fsp3) is 0.0500. The normalized spacial score (nSPS) is 14.0. The van der Waals surface area contributed by atoms with Crippen molar-refractivity contribution in [3.63, 3.8) is 0 Å². The molecule has 1 aliphatic rings. The molecular formula is C20H14BrNO4. The first-order valence-corrected chi connectivity index (χ1v) is 8.65. The van der Waals surface area contributed by atoms with E-state index in [0.29, 0.717) is 11.5 Å². The number of aliphatic imine (C=N–C) groups is 1. The average molecular weight is 412 g/mol. The van der Waals surface area contributed by atoms with Gasteiger partial charge in [0.05, 0.1) is 17.5 Å². The maximum atomic E-state index is 9.49. The molecule has 0 bridgehead atoms. The average Bonchev–Trinajstić information content (AvgIpc) is 2.97. The first-order valence-electron chi connectivity index (χ1n) is 7.85. The summed E-state index contributed by atoms with van der Waals surface area (Å²) in [4.78, 5) is 4.43. The third-order valence-electron chi connectivity index (χ3n) is 3.92. The number of aromatic hydroxyl groups is 2. The van der Waals surface area contributed by atoms with Gasteiger partial charge in [-0.3, -0.25) is 4.99 Å². The second-order valence-electron chi connectivity index (χ2n) is 5.78. The summed E-state index contributed by atoms with van der Waals surface area (Å²) in [5.74, 6) is 0.0532. The third kappa shape index (κ3) is 3.11. The highest BCUT2D eigenvalue weighted by molar-refractivity contribution is 9.10. The summed E-state index contributed by atoms with van der Waals surface area (Å²) in [5.41, 5.74) is 1.48. The lowest BCUT2D eigenvalue weighted by Crippen LogP contribution is -2.39. The number of hydrogen-bond acceptors (Lipinski definition) is 5. The maximum Gasteiger partial charge on any atom is 0.317 e. The number of phenols is 2. The molecule has 0 spiro atoms. The molecule has 0 fully saturated rings. The Bertz CT molecular complexity index is 921. The van der Waals surface area contributed by atoms with Crippen molar-refractivity contribution in [3.05, 3.63) is 76.8 Å². The van der Waals surface area contributed by atoms with E-state index in [9.17, 15) is 10.2 Å². The second kappa shape index (κ2) is 6.38. The number of hydrogen-bond donors (Lipinski definition) is 2. The molecule has 3 aromatic rings. The molecule has 1 heterocycles. The summed E-state index contributed by atoms with van der Waals surface area (Å²) in [5, 5.41) is 19.0. The van der Waals surface area contributed by atoms with E-state index in [1.54, 1.807) is 30.5 Å². The van der Waals surface area contributed by atoms with Crippen LogP contribution in [0, 0.1) is 0 Å². The van der Waals surface area contributed by atoms with Gasteiger partial charge in [0.2, 0.25) is 0 Å². The Labute approximate surface area is 158 Å². The minimum atomic E-state index is -1.27. The van der Waals surface area contributed by atoms with Gasteiger partial charge in [0, 0.05) is 4.47 Å². The highest BCUT2D eigenvalue weighted by Crippen LogP contribution is 2.41. The molecule has 4 rings (SSSR count). The van der Waals surface area contributed by atoms with Gasteiger partial charge < -0.3 is 19.7 Å². The summed E-state index contributed by atoms with van der Waals surface area (Å²) >= 11 is 3.47. The standard InChI is InChI=1S/C20H14BrNO4/c21-13-1-10-19-18(11-13)20(12-22-19,25-16-6-2-14(23)3-7-16)26-17-8-4-15(24)5-9-17/h1-12,23-24H. The van der Waals surface area contributed by atoms with Gasteiger partial charge in [-0.1, -0.05) is 15.9 Å². The zero-order valence-electron chi connectivity index (χ0n) is 13.5. The number of nitrogens with zero attached hydrogens (tertiary/aromatic N) is 1. The molecule has 0 unspecified atom stereocenters. The molecule has 3 aromatic carbocycles. The first-order chi connectivity index (χ1) is 12.5. The highest BCUT2D eigenvalue weighted by atomic mass is 79.9. The van der Waals surface area contributed by atoms with Crippen molar-refractivity contribution in [2.45, 2.75) is 5.79 Å². The van der Waals surface area contributed by atoms with Gasteiger partial charge in [0.1, 0.15) is 23.0 Å². The van der Waals surface area contributed by atoms with Crippen LogP contribution in [0.25, 0.3) is 0 Å². The Morgan fingerprint density at radius 3 is 1.85 bits per heavy atom. The van der Waals surface area contributed by atoms with Crippen molar-refractivity contribution in [3.8, 4) is 23.0 Å². The summed E-state index contributed by atoms with van der Waals surface area (Å²) in [6.07, 6.45) is 1.60. The van der Waals surface area contributed by atoms with Crippen LogP contribution in [0.15, 0.2) is 76.2 Å².